The van der Waals surface area contributed by atoms with Gasteiger partial charge in [0.25, 0.3) is 0 Å². The maximum absolute atomic E-state index is 12.6. The zero-order valence-corrected chi connectivity index (χ0v) is 31.3. The lowest BCUT2D eigenvalue weighted by Gasteiger charge is -2.11. The average molecular weight is 665 g/mol. The third-order valence-corrected chi connectivity index (χ3v) is 9.48. The van der Waals surface area contributed by atoms with Gasteiger partial charge in [0, 0.05) is 6.42 Å². The van der Waals surface area contributed by atoms with Crippen LogP contribution < -0.4 is 0 Å². The van der Waals surface area contributed by atoms with Crippen molar-refractivity contribution in [1.82, 2.24) is 0 Å². The van der Waals surface area contributed by atoms with Crippen molar-refractivity contribution >= 4 is 11.9 Å². The minimum Gasteiger partial charge on any atom is -0.472 e. The second kappa shape index (κ2) is 26.1. The molecule has 0 aliphatic carbocycles. The van der Waals surface area contributed by atoms with Gasteiger partial charge < -0.3 is 13.9 Å². The fourth-order valence-electron chi connectivity index (χ4n) is 6.26. The number of carbonyl (C=O) groups is 2. The molecular formula is C43H68O5. The van der Waals surface area contributed by atoms with Crippen molar-refractivity contribution in [3.05, 3.63) is 70.6 Å². The van der Waals surface area contributed by atoms with E-state index < -0.39 is 5.97 Å². The topological polar surface area (TPSA) is 65.7 Å². The zero-order valence-electron chi connectivity index (χ0n) is 31.3. The van der Waals surface area contributed by atoms with Crippen LogP contribution in [-0.4, -0.2) is 11.9 Å². The lowest BCUT2D eigenvalue weighted by Crippen LogP contribution is -2.06. The van der Waals surface area contributed by atoms with E-state index in [1.165, 1.54) is 93.8 Å². The molecule has 0 saturated heterocycles. The zero-order chi connectivity index (χ0) is 34.8. The van der Waals surface area contributed by atoms with Crippen LogP contribution in [-0.2, 0) is 25.5 Å². The molecular weight excluding hydrogens is 596 g/mol. The SMILES string of the molecule is CCCCCCCCCCCCCCCCCC(=O)OC1=C(C)C(=O)OC1=CC(C)CCCC(C)=CCCC(C)=CCCc1ccoc1. The van der Waals surface area contributed by atoms with Crippen LogP contribution in [0.4, 0.5) is 0 Å². The van der Waals surface area contributed by atoms with Gasteiger partial charge in [0.05, 0.1) is 18.1 Å². The van der Waals surface area contributed by atoms with Gasteiger partial charge in [-0.05, 0) is 95.8 Å². The summed E-state index contributed by atoms with van der Waals surface area (Å²) in [6.07, 6.45) is 37.2. The fraction of sp³-hybridized carbons (Fsp3) is 0.674. The van der Waals surface area contributed by atoms with E-state index in [1.807, 2.05) is 18.4 Å². The van der Waals surface area contributed by atoms with E-state index in [0.717, 1.165) is 64.2 Å². The number of unbranched alkanes of at least 4 members (excludes halogenated alkanes) is 14. The minimum absolute atomic E-state index is 0.205. The Morgan fingerprint density at radius 1 is 0.792 bits per heavy atom. The van der Waals surface area contributed by atoms with Crippen molar-refractivity contribution in [3.63, 3.8) is 0 Å². The monoisotopic (exact) mass is 665 g/mol. The largest absolute Gasteiger partial charge is 0.472 e. The van der Waals surface area contributed by atoms with Crippen LogP contribution in [0.15, 0.2) is 69.5 Å². The molecule has 48 heavy (non-hydrogen) atoms. The maximum atomic E-state index is 12.6. The van der Waals surface area contributed by atoms with E-state index in [1.54, 1.807) is 13.2 Å². The predicted molar refractivity (Wildman–Crippen MR) is 199 cm³/mol. The molecule has 270 valence electrons. The Bertz CT molecular complexity index is 1150. The Labute approximate surface area is 293 Å². The molecule has 1 aliphatic heterocycles. The highest BCUT2D eigenvalue weighted by Gasteiger charge is 2.30. The molecule has 0 amide bonds. The van der Waals surface area contributed by atoms with Crippen molar-refractivity contribution in [3.8, 4) is 0 Å². The van der Waals surface area contributed by atoms with E-state index >= 15 is 0 Å². The highest BCUT2D eigenvalue weighted by molar-refractivity contribution is 5.94. The Balaban J connectivity index is 1.57. The Kier molecular flexibility index (Phi) is 22.5. The third kappa shape index (κ3) is 19.2. The van der Waals surface area contributed by atoms with Gasteiger partial charge in [-0.1, -0.05) is 127 Å². The number of aryl methyl sites for hydroxylation is 1. The third-order valence-electron chi connectivity index (χ3n) is 9.48. The molecule has 2 heterocycles. The van der Waals surface area contributed by atoms with Gasteiger partial charge in [0.2, 0.25) is 0 Å². The first-order valence-electron chi connectivity index (χ1n) is 19.5. The molecule has 5 nitrogen and oxygen atoms in total. The molecule has 0 N–H and O–H groups in total. The molecule has 0 saturated carbocycles. The van der Waals surface area contributed by atoms with Crippen molar-refractivity contribution in [2.45, 2.75) is 182 Å². The lowest BCUT2D eigenvalue weighted by molar-refractivity contribution is -0.140. The number of hydrogen-bond acceptors (Lipinski definition) is 5. The molecule has 0 bridgehead atoms. The summed E-state index contributed by atoms with van der Waals surface area (Å²) >= 11 is 0. The van der Waals surface area contributed by atoms with Crippen LogP contribution in [0.2, 0.25) is 0 Å². The summed E-state index contributed by atoms with van der Waals surface area (Å²) in [5.41, 5.74) is 4.48. The van der Waals surface area contributed by atoms with E-state index in [0.29, 0.717) is 23.5 Å². The second-order valence-corrected chi connectivity index (χ2v) is 14.2. The summed E-state index contributed by atoms with van der Waals surface area (Å²) < 4.78 is 16.3. The number of cyclic esters (lactones) is 1. The normalized spacial score (nSPS) is 15.4. The lowest BCUT2D eigenvalue weighted by atomic mass is 9.99. The van der Waals surface area contributed by atoms with Crippen LogP contribution >= 0.6 is 0 Å². The molecule has 1 aliphatic rings. The number of rotatable bonds is 28. The van der Waals surface area contributed by atoms with E-state index in [4.69, 9.17) is 13.9 Å². The van der Waals surface area contributed by atoms with Gasteiger partial charge >= 0.3 is 11.9 Å². The van der Waals surface area contributed by atoms with Crippen LogP contribution in [0.25, 0.3) is 0 Å². The van der Waals surface area contributed by atoms with Crippen LogP contribution in [0.1, 0.15) is 181 Å². The number of carbonyl (C=O) groups excluding carboxylic acids is 2. The van der Waals surface area contributed by atoms with Crippen LogP contribution in [0.5, 0.6) is 0 Å². The quantitative estimate of drug-likeness (QED) is 0.0507. The van der Waals surface area contributed by atoms with Gasteiger partial charge in [0.1, 0.15) is 0 Å². The maximum Gasteiger partial charge on any atom is 0.343 e. The highest BCUT2D eigenvalue weighted by atomic mass is 16.6. The van der Waals surface area contributed by atoms with Crippen LogP contribution in [0, 0.1) is 5.92 Å². The summed E-state index contributed by atoms with van der Waals surface area (Å²) in [6, 6.07) is 2.03. The second-order valence-electron chi connectivity index (χ2n) is 14.2. The van der Waals surface area contributed by atoms with Crippen LogP contribution in [0.3, 0.4) is 0 Å². The molecule has 0 aromatic carbocycles. The molecule has 2 rings (SSSR count). The van der Waals surface area contributed by atoms with Crippen molar-refractivity contribution in [2.24, 2.45) is 5.92 Å². The number of allylic oxidation sites excluding steroid dienone is 5. The van der Waals surface area contributed by atoms with Gasteiger partial charge in [-0.15, -0.1) is 0 Å². The van der Waals surface area contributed by atoms with E-state index in [9.17, 15) is 9.59 Å². The summed E-state index contributed by atoms with van der Waals surface area (Å²) in [5, 5.41) is 0. The summed E-state index contributed by atoms with van der Waals surface area (Å²) in [4.78, 5) is 24.9. The molecule has 5 heteroatoms. The Morgan fingerprint density at radius 3 is 1.98 bits per heavy atom. The fourth-order valence-corrected chi connectivity index (χ4v) is 6.26. The van der Waals surface area contributed by atoms with Gasteiger partial charge in [-0.25, -0.2) is 4.79 Å². The van der Waals surface area contributed by atoms with Crippen molar-refractivity contribution in [2.75, 3.05) is 0 Å². The van der Waals surface area contributed by atoms with Gasteiger partial charge in [-0.3, -0.25) is 4.79 Å². The number of ether oxygens (including phenoxy) is 2. The minimum atomic E-state index is -0.423. The first-order chi connectivity index (χ1) is 23.3. The summed E-state index contributed by atoms with van der Waals surface area (Å²) in [6.45, 7) is 10.5. The number of hydrogen-bond donors (Lipinski definition) is 0. The smallest absolute Gasteiger partial charge is 0.343 e. The summed E-state index contributed by atoms with van der Waals surface area (Å²) in [5.74, 6) is 0.211. The molecule has 1 unspecified atom stereocenters. The Hall–Kier alpha value is -2.82. The highest BCUT2D eigenvalue weighted by Crippen LogP contribution is 2.30. The average Bonchev–Trinajstić information content (AvgIpc) is 3.66. The molecule has 0 fully saturated rings. The molecule has 0 spiro atoms. The van der Waals surface area contributed by atoms with E-state index in [-0.39, 0.29) is 11.9 Å². The number of furan rings is 1. The van der Waals surface area contributed by atoms with Gasteiger partial charge in [0.15, 0.2) is 11.5 Å². The van der Waals surface area contributed by atoms with Gasteiger partial charge in [-0.2, -0.15) is 0 Å². The summed E-state index contributed by atoms with van der Waals surface area (Å²) in [7, 11) is 0. The predicted octanol–water partition coefficient (Wildman–Crippen LogP) is 13.2. The first kappa shape index (κ1) is 41.4. The first-order valence-corrected chi connectivity index (χ1v) is 19.5. The number of esters is 2. The molecule has 1 aromatic heterocycles. The Morgan fingerprint density at radius 2 is 1.38 bits per heavy atom. The van der Waals surface area contributed by atoms with Crippen molar-refractivity contribution in [1.29, 1.82) is 0 Å². The standard InChI is InChI=1S/C43H68O5/c1-6-7-8-9-10-11-12-13-14-15-16-17-18-19-20-30-41(44)48-42-38(5)43(45)47-40(42)33-37(4)28-22-26-35(2)24-21-25-36(3)27-23-29-39-31-32-46-34-39/h24,27,31-34,37H,6-23,25-26,28-30H2,1-5H3. The molecule has 1 atom stereocenters. The van der Waals surface area contributed by atoms with E-state index in [2.05, 4.69) is 39.8 Å². The molecule has 1 aromatic rings. The molecule has 0 radical (unpaired) electrons. The van der Waals surface area contributed by atoms with Crippen molar-refractivity contribution < 1.29 is 23.5 Å².